The molecule has 0 N–H and O–H groups in total. The second-order valence-electron chi connectivity index (χ2n) is 7.28. The number of halogens is 4. The minimum absolute atomic E-state index is 0.186. The Morgan fingerprint density at radius 3 is 2.47 bits per heavy atom. The lowest BCUT2D eigenvalue weighted by molar-refractivity contribution is -0.137. The zero-order chi connectivity index (χ0) is 20.9. The van der Waals surface area contributed by atoms with Gasteiger partial charge >= 0.3 is 6.18 Å². The maximum Gasteiger partial charge on any atom is 0.416 e. The molecule has 2 heterocycles. The summed E-state index contributed by atoms with van der Waals surface area (Å²) in [6.45, 7) is 0. The fourth-order valence-electron chi connectivity index (χ4n) is 3.94. The Morgan fingerprint density at radius 1 is 0.933 bits per heavy atom. The predicted molar refractivity (Wildman–Crippen MR) is 103 cm³/mol. The van der Waals surface area contributed by atoms with Gasteiger partial charge in [0.25, 0.3) is 0 Å². The van der Waals surface area contributed by atoms with Crippen LogP contribution in [-0.2, 0) is 6.18 Å². The summed E-state index contributed by atoms with van der Waals surface area (Å²) in [5, 5.41) is 6.38. The Hall–Kier alpha value is -3.35. The number of hydrazone groups is 1. The van der Waals surface area contributed by atoms with E-state index in [0.29, 0.717) is 17.7 Å². The first-order valence-electron chi connectivity index (χ1n) is 9.44. The average Bonchev–Trinajstić information content (AvgIpc) is 3.19. The molecule has 30 heavy (non-hydrogen) atoms. The van der Waals surface area contributed by atoms with E-state index in [-0.39, 0.29) is 11.9 Å². The molecule has 0 spiro atoms. The smallest absolute Gasteiger partial charge is 0.416 e. The molecule has 3 aromatic carbocycles. The van der Waals surface area contributed by atoms with Crippen LogP contribution in [0.25, 0.3) is 0 Å². The Kier molecular flexibility index (Phi) is 4.27. The SMILES string of the molecule is Fc1ccc(C2=NN3[C@H](C2)c2ccccc2O[C@H]3c2cccc(C(F)(F)F)c2)cc1. The fourth-order valence-corrected chi connectivity index (χ4v) is 3.94. The van der Waals surface area contributed by atoms with Crippen LogP contribution in [-0.4, -0.2) is 10.7 Å². The minimum atomic E-state index is -4.45. The molecule has 0 saturated carbocycles. The first-order valence-corrected chi connectivity index (χ1v) is 9.44. The molecule has 0 aromatic heterocycles. The lowest BCUT2D eigenvalue weighted by Crippen LogP contribution is -2.33. The van der Waals surface area contributed by atoms with Gasteiger partial charge in [-0.2, -0.15) is 18.3 Å². The van der Waals surface area contributed by atoms with E-state index in [9.17, 15) is 17.6 Å². The van der Waals surface area contributed by atoms with Gasteiger partial charge in [-0.05, 0) is 35.9 Å². The number of para-hydroxylation sites is 1. The van der Waals surface area contributed by atoms with Crippen LogP contribution in [0.2, 0.25) is 0 Å². The molecule has 0 unspecified atom stereocenters. The Balaban J connectivity index is 1.59. The molecule has 152 valence electrons. The van der Waals surface area contributed by atoms with Gasteiger partial charge in [-0.25, -0.2) is 9.40 Å². The molecule has 7 heteroatoms. The average molecular weight is 412 g/mol. The van der Waals surface area contributed by atoms with Gasteiger partial charge in [0.1, 0.15) is 11.6 Å². The maximum atomic E-state index is 13.3. The summed E-state index contributed by atoms with van der Waals surface area (Å²) < 4.78 is 59.2. The van der Waals surface area contributed by atoms with Crippen LogP contribution in [0.4, 0.5) is 17.6 Å². The Morgan fingerprint density at radius 2 is 1.70 bits per heavy atom. The minimum Gasteiger partial charge on any atom is -0.464 e. The number of nitrogens with zero attached hydrogens (tertiary/aromatic N) is 2. The second-order valence-corrected chi connectivity index (χ2v) is 7.28. The highest BCUT2D eigenvalue weighted by atomic mass is 19.4. The van der Waals surface area contributed by atoms with E-state index < -0.39 is 18.0 Å². The zero-order valence-electron chi connectivity index (χ0n) is 15.6. The van der Waals surface area contributed by atoms with Crippen molar-refractivity contribution in [3.05, 3.63) is 101 Å². The third-order valence-corrected chi connectivity index (χ3v) is 5.38. The molecule has 2 aliphatic rings. The number of ether oxygens (including phenoxy) is 1. The number of alkyl halides is 3. The molecular weight excluding hydrogens is 396 g/mol. The van der Waals surface area contributed by atoms with Crippen LogP contribution < -0.4 is 4.74 Å². The zero-order valence-corrected chi connectivity index (χ0v) is 15.6. The lowest BCUT2D eigenvalue weighted by Gasteiger charge is -2.38. The molecule has 0 saturated heterocycles. The van der Waals surface area contributed by atoms with E-state index in [1.54, 1.807) is 23.2 Å². The van der Waals surface area contributed by atoms with Crippen LogP contribution in [0.15, 0.2) is 77.9 Å². The largest absolute Gasteiger partial charge is 0.464 e. The van der Waals surface area contributed by atoms with Crippen molar-refractivity contribution in [2.45, 2.75) is 24.9 Å². The number of hydrogen-bond donors (Lipinski definition) is 0. The lowest BCUT2D eigenvalue weighted by atomic mass is 9.95. The van der Waals surface area contributed by atoms with Gasteiger partial charge < -0.3 is 4.74 Å². The molecule has 0 radical (unpaired) electrons. The summed E-state index contributed by atoms with van der Waals surface area (Å²) >= 11 is 0. The molecule has 0 fully saturated rings. The fraction of sp³-hybridized carbons (Fsp3) is 0.174. The van der Waals surface area contributed by atoms with Crippen LogP contribution >= 0.6 is 0 Å². The summed E-state index contributed by atoms with van der Waals surface area (Å²) in [6, 6.07) is 18.4. The second kappa shape index (κ2) is 6.86. The van der Waals surface area contributed by atoms with E-state index in [1.165, 1.54) is 18.2 Å². The highest BCUT2D eigenvalue weighted by Gasteiger charge is 2.41. The third-order valence-electron chi connectivity index (χ3n) is 5.38. The van der Waals surface area contributed by atoms with Crippen LogP contribution in [0, 0.1) is 5.82 Å². The molecular formula is C23H16F4N2O. The van der Waals surface area contributed by atoms with Crippen molar-refractivity contribution in [2.24, 2.45) is 5.10 Å². The first kappa shape index (κ1) is 18.7. The van der Waals surface area contributed by atoms with Crippen LogP contribution in [0.3, 0.4) is 0 Å². The number of hydrogen-bond acceptors (Lipinski definition) is 3. The molecule has 5 rings (SSSR count). The van der Waals surface area contributed by atoms with Crippen molar-refractivity contribution < 1.29 is 22.3 Å². The normalized spacial score (nSPS) is 20.3. The van der Waals surface area contributed by atoms with E-state index in [1.807, 2.05) is 24.3 Å². The molecule has 3 nitrogen and oxygen atoms in total. The standard InChI is InChI=1S/C23H16F4N2O/c24-17-10-8-14(9-11-17)19-13-20-18-6-1-2-7-21(18)30-22(29(20)28-19)15-4-3-5-16(12-15)23(25,26)27/h1-12,20,22H,13H2/t20-,22+/m1/s1. The van der Waals surface area contributed by atoms with Gasteiger partial charge in [0, 0.05) is 17.5 Å². The van der Waals surface area contributed by atoms with Crippen molar-refractivity contribution in [3.63, 3.8) is 0 Å². The first-order chi connectivity index (χ1) is 14.4. The molecule has 2 aliphatic heterocycles. The molecule has 2 atom stereocenters. The van der Waals surface area contributed by atoms with Gasteiger partial charge in [0.15, 0.2) is 0 Å². The van der Waals surface area contributed by atoms with E-state index in [0.717, 1.165) is 29.0 Å². The van der Waals surface area contributed by atoms with Crippen LogP contribution in [0.5, 0.6) is 5.75 Å². The van der Waals surface area contributed by atoms with Gasteiger partial charge in [-0.1, -0.05) is 42.5 Å². The Bertz CT molecular complexity index is 1120. The topological polar surface area (TPSA) is 24.8 Å². The molecule has 0 bridgehead atoms. The maximum absolute atomic E-state index is 13.3. The van der Waals surface area contributed by atoms with E-state index in [4.69, 9.17) is 4.74 Å². The highest BCUT2D eigenvalue weighted by Crippen LogP contribution is 2.47. The van der Waals surface area contributed by atoms with Crippen molar-refractivity contribution >= 4 is 5.71 Å². The predicted octanol–water partition coefficient (Wildman–Crippen LogP) is 6.09. The van der Waals surface area contributed by atoms with Crippen molar-refractivity contribution in [1.82, 2.24) is 5.01 Å². The monoisotopic (exact) mass is 412 g/mol. The molecule has 3 aromatic rings. The summed E-state index contributed by atoms with van der Waals surface area (Å²) in [5.41, 5.74) is 2.05. The van der Waals surface area contributed by atoms with E-state index in [2.05, 4.69) is 5.10 Å². The Labute approximate surface area is 170 Å². The molecule has 0 aliphatic carbocycles. The van der Waals surface area contributed by atoms with Crippen molar-refractivity contribution in [1.29, 1.82) is 0 Å². The summed E-state index contributed by atoms with van der Waals surface area (Å²) in [4.78, 5) is 0. The third kappa shape index (κ3) is 3.20. The summed E-state index contributed by atoms with van der Waals surface area (Å²) in [5.74, 6) is 0.280. The number of rotatable bonds is 2. The van der Waals surface area contributed by atoms with Crippen molar-refractivity contribution in [3.8, 4) is 5.75 Å². The quantitative estimate of drug-likeness (QED) is 0.476. The van der Waals surface area contributed by atoms with Crippen molar-refractivity contribution in [2.75, 3.05) is 0 Å². The van der Waals surface area contributed by atoms with Crippen LogP contribution in [0.1, 0.15) is 40.9 Å². The number of fused-ring (bicyclic) bond motifs is 3. The van der Waals surface area contributed by atoms with Gasteiger partial charge in [0.05, 0.1) is 17.3 Å². The number of benzene rings is 3. The summed E-state index contributed by atoms with van der Waals surface area (Å²) in [7, 11) is 0. The van der Waals surface area contributed by atoms with E-state index >= 15 is 0 Å². The highest BCUT2D eigenvalue weighted by molar-refractivity contribution is 6.01. The molecule has 0 amide bonds. The van der Waals surface area contributed by atoms with Gasteiger partial charge in [-0.3, -0.25) is 0 Å². The van der Waals surface area contributed by atoms with Gasteiger partial charge in [0.2, 0.25) is 6.23 Å². The summed E-state index contributed by atoms with van der Waals surface area (Å²) in [6.07, 6.45) is -4.71. The van der Waals surface area contributed by atoms with Gasteiger partial charge in [-0.15, -0.1) is 0 Å².